The van der Waals surface area contributed by atoms with Gasteiger partial charge in [-0.05, 0) is 106 Å². The molecule has 4 aliphatic rings. The van der Waals surface area contributed by atoms with Crippen LogP contribution in [0.1, 0.15) is 98.3 Å². The largest absolute Gasteiger partial charge is 0.390 e. The van der Waals surface area contributed by atoms with Crippen molar-refractivity contribution in [2.24, 2.45) is 40.4 Å². The highest BCUT2D eigenvalue weighted by Crippen LogP contribution is 2.68. The molecule has 148 valence electrons. The predicted octanol–water partition coefficient (Wildman–Crippen LogP) is 5.77. The van der Waals surface area contributed by atoms with Crippen molar-refractivity contribution in [1.82, 2.24) is 0 Å². The summed E-state index contributed by atoms with van der Waals surface area (Å²) in [6.07, 6.45) is 13.0. The Kier molecular flexibility index (Phi) is 4.61. The fourth-order valence-electron chi connectivity index (χ4n) is 8.68. The van der Waals surface area contributed by atoms with E-state index in [4.69, 9.17) is 0 Å². The van der Waals surface area contributed by atoms with Crippen molar-refractivity contribution in [2.45, 2.75) is 104 Å². The van der Waals surface area contributed by atoms with Gasteiger partial charge in [-0.1, -0.05) is 27.2 Å². The lowest BCUT2D eigenvalue weighted by molar-refractivity contribution is -0.155. The summed E-state index contributed by atoms with van der Waals surface area (Å²) < 4.78 is 0. The van der Waals surface area contributed by atoms with Crippen molar-refractivity contribution in [1.29, 1.82) is 0 Å². The van der Waals surface area contributed by atoms with Gasteiger partial charge in [-0.2, -0.15) is 0 Å². The summed E-state index contributed by atoms with van der Waals surface area (Å²) in [7, 11) is 0. The zero-order chi connectivity index (χ0) is 18.7. The number of carbonyl (C=O) groups is 1. The molecule has 4 aliphatic carbocycles. The summed E-state index contributed by atoms with van der Waals surface area (Å²) in [4.78, 5) is 12.3. The van der Waals surface area contributed by atoms with Gasteiger partial charge < -0.3 is 5.11 Å². The summed E-state index contributed by atoms with van der Waals surface area (Å²) in [5, 5.41) is 11.1. The Balaban J connectivity index is 1.56. The molecule has 1 N–H and O–H groups in total. The highest BCUT2D eigenvalue weighted by atomic mass is 16.3. The van der Waals surface area contributed by atoms with Crippen LogP contribution in [-0.2, 0) is 4.79 Å². The molecule has 0 amide bonds. The first-order valence-electron chi connectivity index (χ1n) is 11.5. The van der Waals surface area contributed by atoms with Crippen LogP contribution in [0.25, 0.3) is 0 Å². The van der Waals surface area contributed by atoms with Gasteiger partial charge in [0, 0.05) is 5.92 Å². The van der Waals surface area contributed by atoms with Gasteiger partial charge in [0.15, 0.2) is 0 Å². The maximum atomic E-state index is 12.3. The second-order valence-electron chi connectivity index (χ2n) is 11.1. The molecule has 2 unspecified atom stereocenters. The summed E-state index contributed by atoms with van der Waals surface area (Å²) >= 11 is 0. The Morgan fingerprint density at radius 1 is 0.962 bits per heavy atom. The topological polar surface area (TPSA) is 37.3 Å². The van der Waals surface area contributed by atoms with Gasteiger partial charge in [0.25, 0.3) is 0 Å². The molecule has 0 aliphatic heterocycles. The molecule has 0 aromatic heterocycles. The third kappa shape index (κ3) is 2.65. The van der Waals surface area contributed by atoms with E-state index in [1.807, 2.05) is 6.92 Å². The van der Waals surface area contributed by atoms with Gasteiger partial charge in [-0.15, -0.1) is 0 Å². The van der Waals surface area contributed by atoms with Crippen molar-refractivity contribution in [2.75, 3.05) is 0 Å². The Hall–Kier alpha value is -0.370. The molecule has 2 nitrogen and oxygen atoms in total. The number of ketones is 1. The van der Waals surface area contributed by atoms with E-state index in [-0.39, 0.29) is 11.0 Å². The zero-order valence-corrected chi connectivity index (χ0v) is 17.5. The van der Waals surface area contributed by atoms with Crippen LogP contribution in [0, 0.1) is 40.4 Å². The minimum Gasteiger partial charge on any atom is -0.390 e. The lowest BCUT2D eigenvalue weighted by atomic mass is 9.43. The van der Waals surface area contributed by atoms with E-state index in [2.05, 4.69) is 20.8 Å². The predicted molar refractivity (Wildman–Crippen MR) is 106 cm³/mol. The van der Waals surface area contributed by atoms with Gasteiger partial charge in [-0.3, -0.25) is 4.79 Å². The van der Waals surface area contributed by atoms with Crippen molar-refractivity contribution < 1.29 is 9.90 Å². The van der Waals surface area contributed by atoms with Crippen LogP contribution >= 0.6 is 0 Å². The fraction of sp³-hybridized carbons (Fsp3) is 0.958. The molecular formula is C24H40O2. The molecule has 0 spiro atoms. The first-order chi connectivity index (χ1) is 12.2. The standard InChI is InChI=1S/C24H40O2/c1-5-11-24(26)14-13-22(3)17(15-24)6-7-18-20-9-8-19(16(2)25)23(20,4)12-10-21(18)22/h17-21,26H,5-15H2,1-4H3/t17?,18-,19+,20-,21-,22-,23+,24?/m0/s1. The number of hydrogen-bond acceptors (Lipinski definition) is 2. The molecule has 26 heavy (non-hydrogen) atoms. The molecule has 8 atom stereocenters. The normalized spacial score (nSPS) is 53.5. The summed E-state index contributed by atoms with van der Waals surface area (Å²) in [6, 6.07) is 0. The Morgan fingerprint density at radius 3 is 2.38 bits per heavy atom. The summed E-state index contributed by atoms with van der Waals surface area (Å²) in [5.74, 6) is 3.90. The van der Waals surface area contributed by atoms with Crippen LogP contribution in [0.3, 0.4) is 0 Å². The third-order valence-electron chi connectivity index (χ3n) is 10.0. The maximum absolute atomic E-state index is 12.3. The molecule has 0 saturated heterocycles. The average Bonchev–Trinajstić information content (AvgIpc) is 2.93. The number of hydrogen-bond donors (Lipinski definition) is 1. The van der Waals surface area contributed by atoms with Crippen LogP contribution in [0.5, 0.6) is 0 Å². The molecule has 0 aromatic carbocycles. The van der Waals surface area contributed by atoms with Crippen molar-refractivity contribution in [3.05, 3.63) is 0 Å². The van der Waals surface area contributed by atoms with E-state index in [0.29, 0.717) is 23.0 Å². The Bertz CT molecular complexity index is 571. The summed E-state index contributed by atoms with van der Waals surface area (Å²) in [5.41, 5.74) is 0.314. The van der Waals surface area contributed by atoms with Crippen molar-refractivity contribution in [3.63, 3.8) is 0 Å². The van der Waals surface area contributed by atoms with Crippen LogP contribution in [0.15, 0.2) is 0 Å². The van der Waals surface area contributed by atoms with Gasteiger partial charge in [0.1, 0.15) is 5.78 Å². The lowest BCUT2D eigenvalue weighted by Crippen LogP contribution is -2.56. The smallest absolute Gasteiger partial charge is 0.133 e. The zero-order valence-electron chi connectivity index (χ0n) is 17.5. The molecule has 0 aromatic rings. The summed E-state index contributed by atoms with van der Waals surface area (Å²) in [6.45, 7) is 9.05. The van der Waals surface area contributed by atoms with E-state index in [9.17, 15) is 9.90 Å². The molecular weight excluding hydrogens is 320 g/mol. The van der Waals surface area contributed by atoms with Crippen molar-refractivity contribution >= 4 is 5.78 Å². The SMILES string of the molecule is CCCC1(O)CC[C@@]2(C)C(CC[C@H]3[C@@H]4CC[C@H](C(C)=O)[C@@]4(C)CC[C@@H]32)C1. The van der Waals surface area contributed by atoms with Gasteiger partial charge in [0.05, 0.1) is 5.60 Å². The molecule has 4 fully saturated rings. The number of fused-ring (bicyclic) bond motifs is 5. The lowest BCUT2D eigenvalue weighted by Gasteiger charge is -2.62. The molecule has 4 rings (SSSR count). The highest BCUT2D eigenvalue weighted by Gasteiger charge is 2.61. The maximum Gasteiger partial charge on any atom is 0.133 e. The first-order valence-corrected chi connectivity index (χ1v) is 11.5. The van der Waals surface area contributed by atoms with Crippen LogP contribution in [-0.4, -0.2) is 16.5 Å². The minimum atomic E-state index is -0.387. The molecule has 4 saturated carbocycles. The molecule has 2 heteroatoms. The molecule has 0 bridgehead atoms. The van der Waals surface area contributed by atoms with Gasteiger partial charge in [0.2, 0.25) is 0 Å². The minimum absolute atomic E-state index is 0.272. The average molecular weight is 361 g/mol. The molecule has 0 radical (unpaired) electrons. The third-order valence-corrected chi connectivity index (χ3v) is 10.0. The van der Waals surface area contributed by atoms with Crippen LogP contribution < -0.4 is 0 Å². The second-order valence-corrected chi connectivity index (χ2v) is 11.1. The van der Waals surface area contributed by atoms with E-state index in [0.717, 1.165) is 49.9 Å². The van der Waals surface area contributed by atoms with Gasteiger partial charge >= 0.3 is 0 Å². The number of carbonyl (C=O) groups excluding carboxylic acids is 1. The number of aliphatic hydroxyl groups is 1. The second kappa shape index (κ2) is 6.33. The van der Waals surface area contributed by atoms with Gasteiger partial charge in [-0.25, -0.2) is 0 Å². The van der Waals surface area contributed by atoms with E-state index >= 15 is 0 Å². The fourth-order valence-corrected chi connectivity index (χ4v) is 8.68. The molecule has 0 heterocycles. The number of rotatable bonds is 3. The highest BCUT2D eigenvalue weighted by molar-refractivity contribution is 5.79. The van der Waals surface area contributed by atoms with E-state index in [1.54, 1.807) is 0 Å². The Morgan fingerprint density at radius 2 is 1.69 bits per heavy atom. The number of Topliss-reactive ketones (excluding diaryl/α,β-unsaturated/α-hetero) is 1. The Labute approximate surface area is 160 Å². The van der Waals surface area contributed by atoms with Crippen LogP contribution in [0.4, 0.5) is 0 Å². The quantitative estimate of drug-likeness (QED) is 0.694. The first kappa shape index (κ1) is 19.0. The monoisotopic (exact) mass is 360 g/mol. The van der Waals surface area contributed by atoms with E-state index in [1.165, 1.54) is 38.5 Å². The van der Waals surface area contributed by atoms with Crippen LogP contribution in [0.2, 0.25) is 0 Å². The van der Waals surface area contributed by atoms with Crippen molar-refractivity contribution in [3.8, 4) is 0 Å². The van der Waals surface area contributed by atoms with E-state index < -0.39 is 0 Å².